The molecule has 0 bridgehead atoms. The normalized spacial score (nSPS) is 25.2. The maximum Gasteiger partial charge on any atom is 0.328 e. The number of carbonyl (C=O) groups excluding carboxylic acids is 1. The van der Waals surface area contributed by atoms with Gasteiger partial charge in [0.05, 0.1) is 18.2 Å². The minimum Gasteiger partial charge on any atom is -0.459 e. The van der Waals surface area contributed by atoms with Gasteiger partial charge in [-0.05, 0) is 50.9 Å². The Morgan fingerprint density at radius 2 is 1.78 bits per heavy atom. The molecule has 1 aliphatic carbocycles. The highest BCUT2D eigenvalue weighted by Gasteiger charge is 2.75. The van der Waals surface area contributed by atoms with Crippen LogP contribution in [-0.2, 0) is 30.7 Å². The molecular formula is C28H42N2O4S2Si. The molecule has 2 aromatic rings. The third-order valence-electron chi connectivity index (χ3n) is 7.30. The molecule has 9 heteroatoms. The number of benzene rings is 1. The number of thiophene rings is 1. The van der Waals surface area contributed by atoms with Crippen molar-refractivity contribution in [2.45, 2.75) is 80.6 Å². The molecule has 1 aromatic carbocycles. The van der Waals surface area contributed by atoms with E-state index in [-0.39, 0.29) is 5.97 Å². The van der Waals surface area contributed by atoms with Crippen molar-refractivity contribution in [3.8, 4) is 0 Å². The fourth-order valence-electron chi connectivity index (χ4n) is 5.06. The zero-order valence-electron chi connectivity index (χ0n) is 23.3. The molecule has 204 valence electrons. The first-order valence-electron chi connectivity index (χ1n) is 13.2. The highest BCUT2D eigenvalue weighted by molar-refractivity contribution is 7.85. The molecule has 0 spiro atoms. The van der Waals surface area contributed by atoms with Crippen molar-refractivity contribution in [3.05, 3.63) is 48.0 Å². The van der Waals surface area contributed by atoms with E-state index in [0.29, 0.717) is 26.2 Å². The minimum atomic E-state index is -1.50. The minimum absolute atomic E-state index is 0.278. The fraction of sp³-hybridized carbons (Fsp3) is 0.607. The van der Waals surface area contributed by atoms with Crippen LogP contribution in [0.5, 0.6) is 0 Å². The smallest absolute Gasteiger partial charge is 0.328 e. The van der Waals surface area contributed by atoms with E-state index in [1.807, 2.05) is 49.3 Å². The Hall–Kier alpha value is -1.52. The average Bonchev–Trinajstić information content (AvgIpc) is 3.21. The Labute approximate surface area is 229 Å². The third kappa shape index (κ3) is 6.06. The Kier molecular flexibility index (Phi) is 8.13. The van der Waals surface area contributed by atoms with Crippen LogP contribution in [0.15, 0.2) is 46.7 Å². The predicted molar refractivity (Wildman–Crippen MR) is 156 cm³/mol. The van der Waals surface area contributed by atoms with Crippen molar-refractivity contribution in [1.29, 1.82) is 0 Å². The lowest BCUT2D eigenvalue weighted by molar-refractivity contribution is -0.162. The molecule has 2 heterocycles. The summed E-state index contributed by atoms with van der Waals surface area (Å²) in [5.41, 5.74) is -1.04. The topological polar surface area (TPSA) is 59.1 Å². The highest BCUT2D eigenvalue weighted by Crippen LogP contribution is 2.63. The summed E-state index contributed by atoms with van der Waals surface area (Å²) in [4.78, 5) is 16.4. The van der Waals surface area contributed by atoms with Crippen LogP contribution in [0, 0.1) is 0 Å². The summed E-state index contributed by atoms with van der Waals surface area (Å²) in [6.45, 7) is 18.4. The molecule has 37 heavy (non-hydrogen) atoms. The van der Waals surface area contributed by atoms with E-state index in [4.69, 9.17) is 9.47 Å². The van der Waals surface area contributed by atoms with Crippen molar-refractivity contribution in [1.82, 2.24) is 4.31 Å². The van der Waals surface area contributed by atoms with Gasteiger partial charge in [0.1, 0.15) is 26.3 Å². The number of carbonyl (C=O) groups is 1. The summed E-state index contributed by atoms with van der Waals surface area (Å²) in [5, 5.41) is 1.10. The van der Waals surface area contributed by atoms with E-state index in [0.717, 1.165) is 33.9 Å². The lowest BCUT2D eigenvalue weighted by Crippen LogP contribution is -2.52. The molecule has 4 rings (SSSR count). The van der Waals surface area contributed by atoms with Gasteiger partial charge in [0, 0.05) is 33.1 Å². The molecule has 1 aromatic heterocycles. The molecule has 0 N–H and O–H groups in total. The summed E-state index contributed by atoms with van der Waals surface area (Å²) >= 11 is 1.56. The van der Waals surface area contributed by atoms with Crippen LogP contribution in [0.3, 0.4) is 0 Å². The number of anilines is 1. The van der Waals surface area contributed by atoms with Crippen molar-refractivity contribution < 1.29 is 18.5 Å². The maximum atomic E-state index is 14.4. The zero-order valence-corrected chi connectivity index (χ0v) is 26.0. The molecule has 3 atom stereocenters. The number of esters is 1. The van der Waals surface area contributed by atoms with Gasteiger partial charge in [-0.2, -0.15) is 0 Å². The molecule has 1 saturated heterocycles. The molecule has 6 nitrogen and oxygen atoms in total. The van der Waals surface area contributed by atoms with Gasteiger partial charge in [0.2, 0.25) is 0 Å². The van der Waals surface area contributed by atoms with E-state index in [1.165, 1.54) is 0 Å². The molecule has 3 unspecified atom stereocenters. The second kappa shape index (κ2) is 10.6. The van der Waals surface area contributed by atoms with Gasteiger partial charge in [-0.25, -0.2) is 13.3 Å². The zero-order chi connectivity index (χ0) is 27.1. The van der Waals surface area contributed by atoms with Gasteiger partial charge in [-0.3, -0.25) is 0 Å². The van der Waals surface area contributed by atoms with Crippen LogP contribution in [0.1, 0.15) is 39.7 Å². The number of ether oxygens (including phenoxy) is 2. The maximum absolute atomic E-state index is 14.4. The van der Waals surface area contributed by atoms with Crippen molar-refractivity contribution in [2.75, 3.05) is 37.7 Å². The molecule has 0 radical (unpaired) electrons. The van der Waals surface area contributed by atoms with E-state index in [2.05, 4.69) is 49.7 Å². The number of hydrogen-bond acceptors (Lipinski definition) is 6. The summed E-state index contributed by atoms with van der Waals surface area (Å²) in [6.07, 6.45) is 0.581. The molecular weight excluding hydrogens is 521 g/mol. The number of rotatable bonds is 9. The summed E-state index contributed by atoms with van der Waals surface area (Å²) < 4.78 is 28.8. The van der Waals surface area contributed by atoms with Crippen LogP contribution in [0.25, 0.3) is 0 Å². The lowest BCUT2D eigenvalue weighted by atomic mass is 9.92. The van der Waals surface area contributed by atoms with Gasteiger partial charge in [0.15, 0.2) is 0 Å². The van der Waals surface area contributed by atoms with Crippen LogP contribution in [0.2, 0.25) is 25.7 Å². The van der Waals surface area contributed by atoms with Crippen molar-refractivity contribution in [3.63, 3.8) is 0 Å². The summed E-state index contributed by atoms with van der Waals surface area (Å²) in [7, 11) is -2.99. The van der Waals surface area contributed by atoms with Gasteiger partial charge < -0.3 is 14.4 Å². The Balaban J connectivity index is 1.75. The van der Waals surface area contributed by atoms with E-state index in [9.17, 15) is 9.00 Å². The lowest BCUT2D eigenvalue weighted by Gasteiger charge is -2.36. The Bertz CT molecular complexity index is 1120. The second-order valence-electron chi connectivity index (χ2n) is 12.6. The number of hydrogen-bond donors (Lipinski definition) is 0. The van der Waals surface area contributed by atoms with Gasteiger partial charge in [0.25, 0.3) is 0 Å². The fourth-order valence-corrected chi connectivity index (χ4v) is 9.00. The van der Waals surface area contributed by atoms with Gasteiger partial charge in [-0.1, -0.05) is 56.9 Å². The first-order valence-corrected chi connectivity index (χ1v) is 18.8. The number of nitrogens with zero attached hydrogens (tertiary/aromatic N) is 2. The third-order valence-corrected chi connectivity index (χ3v) is 12.0. The standard InChI is InChI=1S/C28H42N2O4S2Si/c1-26(2,3)34-25(31)28(21-27(28,4)22-11-9-8-10-12-22)30(17-20-37(5,6)7)36(32)24-14-13-23(35-24)29-15-18-33-19-16-29/h8-14H,15-21H2,1-7H3. The van der Waals surface area contributed by atoms with Gasteiger partial charge >= 0.3 is 5.97 Å². The largest absolute Gasteiger partial charge is 0.459 e. The SMILES string of the molecule is CC(C)(C)OC(=O)C1(N(CC[Si](C)(C)C)S(=O)c2ccc(N3CCOCC3)s2)CC1(C)c1ccccc1. The highest BCUT2D eigenvalue weighted by atomic mass is 32.2. The van der Waals surface area contributed by atoms with E-state index < -0.39 is 35.6 Å². The predicted octanol–water partition coefficient (Wildman–Crippen LogP) is 5.69. The first-order chi connectivity index (χ1) is 17.3. The van der Waals surface area contributed by atoms with Crippen LogP contribution in [-0.4, -0.2) is 66.5 Å². The summed E-state index contributed by atoms with van der Waals surface area (Å²) in [6, 6.07) is 15.1. The molecule has 1 aliphatic heterocycles. The molecule has 0 amide bonds. The molecule has 2 aliphatic rings. The second-order valence-corrected chi connectivity index (χ2v) is 20.9. The quantitative estimate of drug-likeness (QED) is 0.290. The van der Waals surface area contributed by atoms with Crippen LogP contribution >= 0.6 is 11.3 Å². The monoisotopic (exact) mass is 562 g/mol. The molecule has 1 saturated carbocycles. The number of morpholine rings is 1. The Morgan fingerprint density at radius 1 is 1.14 bits per heavy atom. The van der Waals surface area contributed by atoms with Gasteiger partial charge in [-0.15, -0.1) is 11.3 Å². The first kappa shape index (κ1) is 28.5. The Morgan fingerprint density at radius 3 is 2.38 bits per heavy atom. The van der Waals surface area contributed by atoms with Crippen molar-refractivity contribution in [2.24, 2.45) is 0 Å². The summed E-state index contributed by atoms with van der Waals surface area (Å²) in [5.74, 6) is -0.278. The van der Waals surface area contributed by atoms with Crippen molar-refractivity contribution >= 4 is 41.4 Å². The molecule has 2 fully saturated rings. The van der Waals surface area contributed by atoms with E-state index >= 15 is 0 Å². The van der Waals surface area contributed by atoms with E-state index in [1.54, 1.807) is 11.3 Å². The van der Waals surface area contributed by atoms with Crippen LogP contribution < -0.4 is 4.90 Å². The van der Waals surface area contributed by atoms with Crippen LogP contribution in [0.4, 0.5) is 5.00 Å². The average molecular weight is 563 g/mol.